The predicted octanol–water partition coefficient (Wildman–Crippen LogP) is 1.44. The third-order valence-corrected chi connectivity index (χ3v) is 4.20. The molecule has 0 radical (unpaired) electrons. The molecular weight excluding hydrogens is 252 g/mol. The van der Waals surface area contributed by atoms with Gasteiger partial charge in [-0.3, -0.25) is 0 Å². The number of hydrogen-bond donors (Lipinski definition) is 1. The molecule has 1 aliphatic heterocycles. The molecule has 0 atom stereocenters. The highest BCUT2D eigenvalue weighted by molar-refractivity contribution is 8.00. The molecular formula is C11H16N4S2. The van der Waals surface area contributed by atoms with Gasteiger partial charge in [0.15, 0.2) is 0 Å². The summed E-state index contributed by atoms with van der Waals surface area (Å²) in [5, 5.41) is 0. The zero-order chi connectivity index (χ0) is 12.5. The molecule has 2 rings (SSSR count). The van der Waals surface area contributed by atoms with Gasteiger partial charge in [0.05, 0.1) is 5.56 Å². The van der Waals surface area contributed by atoms with E-state index in [-0.39, 0.29) is 4.75 Å². The Bertz CT molecular complexity index is 433. The quantitative estimate of drug-likeness (QED) is 0.819. The van der Waals surface area contributed by atoms with Gasteiger partial charge in [-0.25, -0.2) is 9.97 Å². The van der Waals surface area contributed by atoms with Gasteiger partial charge in [0.1, 0.15) is 17.1 Å². The molecule has 1 aromatic heterocycles. The van der Waals surface area contributed by atoms with E-state index in [1.807, 2.05) is 11.8 Å². The van der Waals surface area contributed by atoms with Gasteiger partial charge in [0.2, 0.25) is 0 Å². The van der Waals surface area contributed by atoms with Gasteiger partial charge in [-0.2, -0.15) is 11.8 Å². The van der Waals surface area contributed by atoms with Crippen LogP contribution in [0.4, 0.5) is 5.82 Å². The second-order valence-electron chi connectivity index (χ2n) is 4.65. The Morgan fingerprint density at radius 1 is 1.59 bits per heavy atom. The first-order valence-electron chi connectivity index (χ1n) is 5.48. The molecule has 0 aromatic carbocycles. The van der Waals surface area contributed by atoms with E-state index in [1.165, 1.54) is 0 Å². The molecule has 0 unspecified atom stereocenters. The summed E-state index contributed by atoms with van der Waals surface area (Å²) < 4.78 is 0.233. The Morgan fingerprint density at radius 3 is 3.00 bits per heavy atom. The lowest BCUT2D eigenvalue weighted by molar-refractivity contribution is 0.641. The maximum absolute atomic E-state index is 5.71. The first kappa shape index (κ1) is 12.6. The number of nitrogens with two attached hydrogens (primary N) is 1. The Kier molecular flexibility index (Phi) is 3.53. The van der Waals surface area contributed by atoms with Gasteiger partial charge in [0, 0.05) is 29.8 Å². The van der Waals surface area contributed by atoms with E-state index in [4.69, 9.17) is 18.0 Å². The molecule has 1 aliphatic rings. The lowest BCUT2D eigenvalue weighted by Gasteiger charge is -2.38. The van der Waals surface area contributed by atoms with Gasteiger partial charge < -0.3 is 10.6 Å². The topological polar surface area (TPSA) is 55.0 Å². The van der Waals surface area contributed by atoms with Crippen LogP contribution in [0.2, 0.25) is 0 Å². The number of nitrogens with zero attached hydrogens (tertiary/aromatic N) is 3. The minimum Gasteiger partial charge on any atom is -0.389 e. The zero-order valence-corrected chi connectivity index (χ0v) is 11.6. The van der Waals surface area contributed by atoms with Crippen molar-refractivity contribution in [3.05, 3.63) is 18.1 Å². The summed E-state index contributed by atoms with van der Waals surface area (Å²) in [5.41, 5.74) is 6.48. The summed E-state index contributed by atoms with van der Waals surface area (Å²) in [4.78, 5) is 10.9. The summed E-state index contributed by atoms with van der Waals surface area (Å²) in [7, 11) is 0. The fourth-order valence-electron chi connectivity index (χ4n) is 1.95. The van der Waals surface area contributed by atoms with Gasteiger partial charge >= 0.3 is 0 Å². The number of anilines is 1. The van der Waals surface area contributed by atoms with E-state index in [1.54, 1.807) is 12.5 Å². The van der Waals surface area contributed by atoms with Crippen molar-refractivity contribution in [3.8, 4) is 0 Å². The first-order valence-corrected chi connectivity index (χ1v) is 6.88. The number of hydrogen-bond acceptors (Lipinski definition) is 5. The summed E-state index contributed by atoms with van der Waals surface area (Å²) in [5.74, 6) is 1.95. The number of thioether (sulfide) groups is 1. The highest BCUT2D eigenvalue weighted by atomic mass is 32.2. The predicted molar refractivity (Wildman–Crippen MR) is 76.7 cm³/mol. The minimum absolute atomic E-state index is 0.233. The molecule has 4 nitrogen and oxygen atoms in total. The van der Waals surface area contributed by atoms with Crippen molar-refractivity contribution in [2.24, 2.45) is 5.73 Å². The van der Waals surface area contributed by atoms with Crippen molar-refractivity contribution in [1.29, 1.82) is 0 Å². The SMILES string of the molecule is CC1(C)CN(c2ncncc2C(N)=S)CCS1. The molecule has 1 aromatic rings. The number of rotatable bonds is 2. The van der Waals surface area contributed by atoms with E-state index in [2.05, 4.69) is 28.7 Å². The maximum Gasteiger partial charge on any atom is 0.142 e. The Labute approximate surface area is 111 Å². The fraction of sp³-hybridized carbons (Fsp3) is 0.545. The molecule has 2 N–H and O–H groups in total. The maximum atomic E-state index is 5.71. The average molecular weight is 268 g/mol. The summed E-state index contributed by atoms with van der Waals surface area (Å²) in [6.07, 6.45) is 3.24. The van der Waals surface area contributed by atoms with E-state index < -0.39 is 0 Å². The van der Waals surface area contributed by atoms with Gasteiger partial charge in [-0.05, 0) is 13.8 Å². The van der Waals surface area contributed by atoms with Crippen LogP contribution in [-0.2, 0) is 0 Å². The van der Waals surface area contributed by atoms with Crippen LogP contribution in [0.25, 0.3) is 0 Å². The highest BCUT2D eigenvalue weighted by Gasteiger charge is 2.29. The van der Waals surface area contributed by atoms with Crippen LogP contribution in [0.5, 0.6) is 0 Å². The van der Waals surface area contributed by atoms with Gasteiger partial charge in [0.25, 0.3) is 0 Å². The lowest BCUT2D eigenvalue weighted by Crippen LogP contribution is -2.44. The molecule has 0 aliphatic carbocycles. The van der Waals surface area contributed by atoms with Crippen LogP contribution in [0, 0.1) is 0 Å². The molecule has 92 valence electrons. The standard InChI is InChI=1S/C11H16N4S2/c1-11(2)6-15(3-4-17-11)10-8(9(12)16)5-13-7-14-10/h5,7H,3-4,6H2,1-2H3,(H2,12,16). The van der Waals surface area contributed by atoms with Crippen LogP contribution in [-0.4, -0.2) is 38.5 Å². The van der Waals surface area contributed by atoms with Crippen molar-refractivity contribution < 1.29 is 0 Å². The van der Waals surface area contributed by atoms with Gasteiger partial charge in [-0.1, -0.05) is 12.2 Å². The molecule has 1 fully saturated rings. The Morgan fingerprint density at radius 2 is 2.35 bits per heavy atom. The second kappa shape index (κ2) is 4.78. The van der Waals surface area contributed by atoms with Crippen LogP contribution >= 0.6 is 24.0 Å². The van der Waals surface area contributed by atoms with E-state index in [9.17, 15) is 0 Å². The van der Waals surface area contributed by atoms with Crippen molar-refractivity contribution in [1.82, 2.24) is 9.97 Å². The molecule has 0 saturated carbocycles. The molecule has 0 spiro atoms. The van der Waals surface area contributed by atoms with Crippen molar-refractivity contribution >= 4 is 34.8 Å². The van der Waals surface area contributed by atoms with Crippen LogP contribution in [0.3, 0.4) is 0 Å². The van der Waals surface area contributed by atoms with E-state index in [0.29, 0.717) is 4.99 Å². The van der Waals surface area contributed by atoms with Crippen LogP contribution in [0.15, 0.2) is 12.5 Å². The summed E-state index contributed by atoms with van der Waals surface area (Å²) in [6, 6.07) is 0. The average Bonchev–Trinajstić information content (AvgIpc) is 2.27. The molecule has 0 bridgehead atoms. The third-order valence-electron chi connectivity index (χ3n) is 2.68. The smallest absolute Gasteiger partial charge is 0.142 e. The first-order chi connectivity index (χ1) is 7.99. The van der Waals surface area contributed by atoms with Gasteiger partial charge in [-0.15, -0.1) is 0 Å². The molecule has 17 heavy (non-hydrogen) atoms. The fourth-order valence-corrected chi connectivity index (χ4v) is 3.20. The molecule has 6 heteroatoms. The minimum atomic E-state index is 0.233. The Hall–Kier alpha value is -0.880. The highest BCUT2D eigenvalue weighted by Crippen LogP contribution is 2.32. The zero-order valence-electron chi connectivity index (χ0n) is 10.0. The normalized spacial score (nSPS) is 19.1. The van der Waals surface area contributed by atoms with Crippen molar-refractivity contribution in [2.45, 2.75) is 18.6 Å². The van der Waals surface area contributed by atoms with Crippen molar-refractivity contribution in [2.75, 3.05) is 23.7 Å². The Balaban J connectivity index is 2.30. The lowest BCUT2D eigenvalue weighted by atomic mass is 10.1. The molecule has 1 saturated heterocycles. The summed E-state index contributed by atoms with van der Waals surface area (Å²) in [6.45, 7) is 6.40. The molecule has 2 heterocycles. The van der Waals surface area contributed by atoms with Crippen molar-refractivity contribution in [3.63, 3.8) is 0 Å². The number of thiocarbonyl (C=S) groups is 1. The van der Waals surface area contributed by atoms with E-state index >= 15 is 0 Å². The van der Waals surface area contributed by atoms with E-state index in [0.717, 1.165) is 30.2 Å². The number of aromatic nitrogens is 2. The monoisotopic (exact) mass is 268 g/mol. The second-order valence-corrected chi connectivity index (χ2v) is 6.90. The third kappa shape index (κ3) is 2.87. The summed E-state index contributed by atoms with van der Waals surface area (Å²) >= 11 is 7.03. The van der Waals surface area contributed by atoms with Crippen LogP contribution in [0.1, 0.15) is 19.4 Å². The molecule has 0 amide bonds. The largest absolute Gasteiger partial charge is 0.389 e. The van der Waals surface area contributed by atoms with Crippen LogP contribution < -0.4 is 10.6 Å².